The molecule has 0 aliphatic heterocycles. The number of para-hydroxylation sites is 1. The van der Waals surface area contributed by atoms with Gasteiger partial charge in [-0.25, -0.2) is 0 Å². The molecule has 0 atom stereocenters. The zero-order chi connectivity index (χ0) is 14.5. The molecule has 1 heterocycles. The predicted molar refractivity (Wildman–Crippen MR) is 86.1 cm³/mol. The first-order valence-electron chi connectivity index (χ1n) is 6.82. The van der Waals surface area contributed by atoms with Crippen molar-refractivity contribution in [2.75, 3.05) is 11.4 Å². The quantitative estimate of drug-likeness (QED) is 0.802. The standard InChI is InChI=1S/C16H19BrN2O/c1-3-4-10-19(14-8-6-5-7-9-14)16(20)15-11-13(17)12-18(15)2/h5-9,11-12H,3-4,10H2,1-2H3. The Morgan fingerprint density at radius 1 is 1.30 bits per heavy atom. The molecule has 0 aliphatic rings. The van der Waals surface area contributed by atoms with E-state index >= 15 is 0 Å². The highest BCUT2D eigenvalue weighted by Gasteiger charge is 2.20. The van der Waals surface area contributed by atoms with Crippen molar-refractivity contribution in [3.63, 3.8) is 0 Å². The molecule has 1 aromatic carbocycles. The Balaban J connectivity index is 2.31. The van der Waals surface area contributed by atoms with Crippen LogP contribution in [0.2, 0.25) is 0 Å². The van der Waals surface area contributed by atoms with Crippen molar-refractivity contribution in [2.24, 2.45) is 7.05 Å². The molecule has 0 unspecified atom stereocenters. The number of benzene rings is 1. The number of aryl methyl sites for hydroxylation is 1. The summed E-state index contributed by atoms with van der Waals surface area (Å²) in [5.41, 5.74) is 1.64. The number of anilines is 1. The fourth-order valence-electron chi connectivity index (χ4n) is 2.15. The number of rotatable bonds is 5. The van der Waals surface area contributed by atoms with Crippen LogP contribution >= 0.6 is 15.9 Å². The van der Waals surface area contributed by atoms with E-state index in [1.807, 2.05) is 59.1 Å². The van der Waals surface area contributed by atoms with Gasteiger partial charge in [0.2, 0.25) is 0 Å². The van der Waals surface area contributed by atoms with Crippen LogP contribution in [-0.2, 0) is 7.05 Å². The second-order valence-electron chi connectivity index (χ2n) is 4.80. The average Bonchev–Trinajstić information content (AvgIpc) is 2.79. The molecule has 1 aromatic heterocycles. The van der Waals surface area contributed by atoms with Gasteiger partial charge in [-0.3, -0.25) is 4.79 Å². The Labute approximate surface area is 128 Å². The number of halogens is 1. The van der Waals surface area contributed by atoms with Gasteiger partial charge in [-0.15, -0.1) is 0 Å². The Morgan fingerprint density at radius 3 is 2.55 bits per heavy atom. The minimum absolute atomic E-state index is 0.0397. The van der Waals surface area contributed by atoms with Crippen molar-refractivity contribution in [1.29, 1.82) is 0 Å². The molecular weight excluding hydrogens is 316 g/mol. The van der Waals surface area contributed by atoms with Crippen LogP contribution in [0, 0.1) is 0 Å². The highest BCUT2D eigenvalue weighted by atomic mass is 79.9. The molecule has 0 N–H and O–H groups in total. The lowest BCUT2D eigenvalue weighted by Gasteiger charge is -2.23. The van der Waals surface area contributed by atoms with Crippen molar-refractivity contribution in [2.45, 2.75) is 19.8 Å². The molecule has 0 spiro atoms. The summed E-state index contributed by atoms with van der Waals surface area (Å²) >= 11 is 3.42. The Hall–Kier alpha value is -1.55. The average molecular weight is 335 g/mol. The summed E-state index contributed by atoms with van der Waals surface area (Å²) in [5.74, 6) is 0.0397. The first-order valence-corrected chi connectivity index (χ1v) is 7.61. The molecule has 3 nitrogen and oxygen atoms in total. The van der Waals surface area contributed by atoms with E-state index in [0.29, 0.717) is 5.69 Å². The fraction of sp³-hybridized carbons (Fsp3) is 0.312. The molecule has 106 valence electrons. The first-order chi connectivity index (χ1) is 9.63. The molecule has 0 fully saturated rings. The smallest absolute Gasteiger partial charge is 0.274 e. The minimum atomic E-state index is 0.0397. The van der Waals surface area contributed by atoms with Crippen LogP contribution in [0.4, 0.5) is 5.69 Å². The van der Waals surface area contributed by atoms with Crippen LogP contribution < -0.4 is 4.90 Å². The topological polar surface area (TPSA) is 25.2 Å². The summed E-state index contributed by atoms with van der Waals surface area (Å²) in [5, 5.41) is 0. The number of hydrogen-bond acceptors (Lipinski definition) is 1. The van der Waals surface area contributed by atoms with Crippen LogP contribution in [0.15, 0.2) is 47.1 Å². The molecule has 0 bridgehead atoms. The lowest BCUT2D eigenvalue weighted by Crippen LogP contribution is -2.33. The Bertz CT molecular complexity index is 577. The summed E-state index contributed by atoms with van der Waals surface area (Å²) in [6.45, 7) is 2.87. The molecule has 2 rings (SSSR count). The van der Waals surface area contributed by atoms with Crippen molar-refractivity contribution in [3.8, 4) is 0 Å². The number of nitrogens with zero attached hydrogens (tertiary/aromatic N) is 2. The van der Waals surface area contributed by atoms with Crippen molar-refractivity contribution < 1.29 is 4.79 Å². The van der Waals surface area contributed by atoms with Crippen LogP contribution in [0.1, 0.15) is 30.3 Å². The van der Waals surface area contributed by atoms with Gasteiger partial charge >= 0.3 is 0 Å². The number of amides is 1. The van der Waals surface area contributed by atoms with Gasteiger partial charge in [0.1, 0.15) is 5.69 Å². The lowest BCUT2D eigenvalue weighted by atomic mass is 10.2. The van der Waals surface area contributed by atoms with Gasteiger partial charge in [-0.05, 0) is 40.5 Å². The van der Waals surface area contributed by atoms with Crippen molar-refractivity contribution in [1.82, 2.24) is 4.57 Å². The maximum absolute atomic E-state index is 12.8. The highest BCUT2D eigenvalue weighted by Crippen LogP contribution is 2.20. The van der Waals surface area contributed by atoms with E-state index in [2.05, 4.69) is 22.9 Å². The maximum Gasteiger partial charge on any atom is 0.274 e. The van der Waals surface area contributed by atoms with Gasteiger partial charge in [-0.2, -0.15) is 0 Å². The van der Waals surface area contributed by atoms with Gasteiger partial charge in [0, 0.05) is 29.9 Å². The molecule has 1 amide bonds. The minimum Gasteiger partial charge on any atom is -0.345 e. The normalized spacial score (nSPS) is 10.6. The third kappa shape index (κ3) is 3.31. The van der Waals surface area contributed by atoms with Gasteiger partial charge in [0.15, 0.2) is 0 Å². The SMILES string of the molecule is CCCCN(C(=O)c1cc(Br)cn1C)c1ccccc1. The summed E-state index contributed by atoms with van der Waals surface area (Å²) < 4.78 is 2.78. The largest absolute Gasteiger partial charge is 0.345 e. The number of hydrogen-bond donors (Lipinski definition) is 0. The van der Waals surface area contributed by atoms with E-state index in [1.54, 1.807) is 0 Å². The predicted octanol–water partition coefficient (Wildman–Crippen LogP) is 4.23. The van der Waals surface area contributed by atoms with Crippen molar-refractivity contribution in [3.05, 3.63) is 52.8 Å². The van der Waals surface area contributed by atoms with Crippen molar-refractivity contribution >= 4 is 27.5 Å². The van der Waals surface area contributed by atoms with E-state index in [1.165, 1.54) is 0 Å². The van der Waals surface area contributed by atoms with E-state index in [0.717, 1.165) is 29.5 Å². The molecule has 0 aliphatic carbocycles. The number of unbranched alkanes of at least 4 members (excludes halogenated alkanes) is 1. The second-order valence-corrected chi connectivity index (χ2v) is 5.72. The Kier molecular flexibility index (Phi) is 5.01. The Morgan fingerprint density at radius 2 is 2.00 bits per heavy atom. The lowest BCUT2D eigenvalue weighted by molar-refractivity contribution is 0.0979. The van der Waals surface area contributed by atoms with E-state index in [9.17, 15) is 4.79 Å². The maximum atomic E-state index is 12.8. The van der Waals surface area contributed by atoms with Crippen LogP contribution in [-0.4, -0.2) is 17.0 Å². The fourth-order valence-corrected chi connectivity index (χ4v) is 2.67. The molecule has 2 aromatic rings. The molecule has 20 heavy (non-hydrogen) atoms. The number of carbonyl (C=O) groups excluding carboxylic acids is 1. The zero-order valence-electron chi connectivity index (χ0n) is 11.8. The molecule has 0 radical (unpaired) electrons. The summed E-state index contributed by atoms with van der Waals surface area (Å²) in [7, 11) is 1.89. The third-order valence-corrected chi connectivity index (χ3v) is 3.67. The highest BCUT2D eigenvalue weighted by molar-refractivity contribution is 9.10. The van der Waals surface area contributed by atoms with Gasteiger partial charge < -0.3 is 9.47 Å². The number of carbonyl (C=O) groups is 1. The summed E-state index contributed by atoms with van der Waals surface area (Å²) in [6, 6.07) is 11.7. The molecule has 4 heteroatoms. The van der Waals surface area contributed by atoms with Crippen LogP contribution in [0.5, 0.6) is 0 Å². The number of aromatic nitrogens is 1. The first kappa shape index (κ1) is 14.9. The van der Waals surface area contributed by atoms with E-state index in [4.69, 9.17) is 0 Å². The monoisotopic (exact) mass is 334 g/mol. The van der Waals surface area contributed by atoms with Crippen LogP contribution in [0.3, 0.4) is 0 Å². The van der Waals surface area contributed by atoms with E-state index in [-0.39, 0.29) is 5.91 Å². The second kappa shape index (κ2) is 6.75. The van der Waals surface area contributed by atoms with Crippen LogP contribution in [0.25, 0.3) is 0 Å². The van der Waals surface area contributed by atoms with E-state index < -0.39 is 0 Å². The van der Waals surface area contributed by atoms with Gasteiger partial charge in [0.05, 0.1) is 0 Å². The molecule has 0 saturated carbocycles. The van der Waals surface area contributed by atoms with Gasteiger partial charge in [-0.1, -0.05) is 31.5 Å². The molecule has 0 saturated heterocycles. The summed E-state index contributed by atoms with van der Waals surface area (Å²) in [4.78, 5) is 14.6. The third-order valence-electron chi connectivity index (χ3n) is 3.24. The molecular formula is C16H19BrN2O. The summed E-state index contributed by atoms with van der Waals surface area (Å²) in [6.07, 6.45) is 3.95. The zero-order valence-corrected chi connectivity index (χ0v) is 13.4. The van der Waals surface area contributed by atoms with Gasteiger partial charge in [0.25, 0.3) is 5.91 Å².